The van der Waals surface area contributed by atoms with Crippen molar-refractivity contribution in [3.63, 3.8) is 0 Å². The predicted molar refractivity (Wildman–Crippen MR) is 61.9 cm³/mol. The van der Waals surface area contributed by atoms with E-state index in [9.17, 15) is 4.79 Å². The molecule has 2 bridgehead atoms. The first kappa shape index (κ1) is 9.80. The highest BCUT2D eigenvalue weighted by atomic mass is 32.1. The van der Waals surface area contributed by atoms with Crippen LogP contribution in [-0.2, 0) is 6.54 Å². The van der Waals surface area contributed by atoms with E-state index < -0.39 is 0 Å². The average molecular weight is 236 g/mol. The number of rotatable bonds is 2. The Kier molecular flexibility index (Phi) is 2.19. The Balaban J connectivity index is 1.90. The van der Waals surface area contributed by atoms with Crippen molar-refractivity contribution in [2.75, 3.05) is 13.1 Å². The van der Waals surface area contributed by atoms with Gasteiger partial charge in [-0.05, 0) is 5.57 Å². The number of hydrogen-bond donors (Lipinski definition) is 2. The lowest BCUT2D eigenvalue weighted by atomic mass is 10.0. The number of nitrogens with one attached hydrogen (secondary N) is 1. The number of hydrogen-bond acceptors (Lipinski definition) is 4. The highest BCUT2D eigenvalue weighted by molar-refractivity contribution is 7.12. The van der Waals surface area contributed by atoms with Crippen LogP contribution >= 0.6 is 11.3 Å². The maximum atomic E-state index is 11.4. The Hall–Kier alpha value is -1.40. The summed E-state index contributed by atoms with van der Waals surface area (Å²) in [5.41, 5.74) is 6.72. The molecule has 1 fully saturated rings. The van der Waals surface area contributed by atoms with E-state index >= 15 is 0 Å². The van der Waals surface area contributed by atoms with Gasteiger partial charge in [-0.2, -0.15) is 0 Å². The van der Waals surface area contributed by atoms with Gasteiger partial charge < -0.3 is 16.0 Å². The molecule has 1 aromatic heterocycles. The van der Waals surface area contributed by atoms with E-state index in [2.05, 4.69) is 16.4 Å². The molecule has 1 aromatic rings. The van der Waals surface area contributed by atoms with Gasteiger partial charge in [0.15, 0.2) is 0 Å². The summed E-state index contributed by atoms with van der Waals surface area (Å²) in [6, 6.07) is 0.145. The molecule has 2 amide bonds. The topological polar surface area (TPSA) is 71.2 Å². The number of urea groups is 1. The fraction of sp³-hybridized carbons (Fsp3) is 0.400. The molecular weight excluding hydrogens is 224 g/mol. The monoisotopic (exact) mass is 236 g/mol. The normalized spacial score (nSPS) is 23.3. The van der Waals surface area contributed by atoms with E-state index in [4.69, 9.17) is 5.73 Å². The summed E-state index contributed by atoms with van der Waals surface area (Å²) in [4.78, 5) is 18.6. The SMILES string of the molecule is NCc1ncc(C2=CCN3CC2NC3=O)s1. The Morgan fingerprint density at radius 2 is 2.56 bits per heavy atom. The third-order valence-electron chi connectivity index (χ3n) is 2.91. The molecule has 1 atom stereocenters. The van der Waals surface area contributed by atoms with Crippen molar-refractivity contribution < 1.29 is 4.79 Å². The van der Waals surface area contributed by atoms with Crippen LogP contribution in [0.3, 0.4) is 0 Å². The number of nitrogens with zero attached hydrogens (tertiary/aromatic N) is 2. The molecule has 2 aliphatic heterocycles. The third kappa shape index (κ3) is 1.42. The molecule has 0 saturated carbocycles. The van der Waals surface area contributed by atoms with Crippen molar-refractivity contribution in [3.8, 4) is 0 Å². The van der Waals surface area contributed by atoms with Gasteiger partial charge in [-0.3, -0.25) is 0 Å². The summed E-state index contributed by atoms with van der Waals surface area (Å²) in [6.45, 7) is 1.93. The van der Waals surface area contributed by atoms with E-state index in [1.807, 2.05) is 6.20 Å². The van der Waals surface area contributed by atoms with Crippen LogP contribution in [0, 0.1) is 0 Å². The largest absolute Gasteiger partial charge is 0.329 e. The van der Waals surface area contributed by atoms with Crippen LogP contribution in [-0.4, -0.2) is 35.0 Å². The van der Waals surface area contributed by atoms with Crippen molar-refractivity contribution in [1.82, 2.24) is 15.2 Å². The van der Waals surface area contributed by atoms with E-state index in [-0.39, 0.29) is 12.1 Å². The number of aromatic nitrogens is 1. The number of nitrogens with two attached hydrogens (primary N) is 1. The Bertz CT molecular complexity index is 467. The number of carbonyl (C=O) groups excluding carboxylic acids is 1. The number of thiazole rings is 1. The fourth-order valence-electron chi connectivity index (χ4n) is 2.08. The van der Waals surface area contributed by atoms with Crippen LogP contribution in [0.15, 0.2) is 12.3 Å². The van der Waals surface area contributed by atoms with Gasteiger partial charge in [-0.25, -0.2) is 9.78 Å². The molecule has 2 aliphatic rings. The molecule has 0 spiro atoms. The van der Waals surface area contributed by atoms with Gasteiger partial charge in [0.1, 0.15) is 5.01 Å². The zero-order chi connectivity index (χ0) is 11.1. The van der Waals surface area contributed by atoms with Crippen molar-refractivity contribution in [2.45, 2.75) is 12.6 Å². The first-order valence-corrected chi connectivity index (χ1v) is 6.00. The van der Waals surface area contributed by atoms with Crippen molar-refractivity contribution >= 4 is 22.9 Å². The van der Waals surface area contributed by atoms with Crippen molar-refractivity contribution in [3.05, 3.63) is 22.2 Å². The standard InChI is InChI=1S/C10H12N4OS/c11-3-9-12-4-8(16-9)6-1-2-14-5-7(6)13-10(14)15/h1,4,7H,2-3,5,11H2,(H,13,15). The second kappa shape index (κ2) is 3.57. The van der Waals surface area contributed by atoms with Crippen LogP contribution in [0.25, 0.3) is 5.57 Å². The second-order valence-corrected chi connectivity index (χ2v) is 5.00. The molecular formula is C10H12N4OS. The summed E-state index contributed by atoms with van der Waals surface area (Å²) in [5, 5.41) is 3.89. The lowest BCUT2D eigenvalue weighted by molar-refractivity contribution is 0.222. The van der Waals surface area contributed by atoms with Crippen LogP contribution in [0.5, 0.6) is 0 Å². The van der Waals surface area contributed by atoms with Crippen molar-refractivity contribution in [2.24, 2.45) is 5.73 Å². The van der Waals surface area contributed by atoms with Gasteiger partial charge in [-0.1, -0.05) is 6.08 Å². The van der Waals surface area contributed by atoms with Gasteiger partial charge in [0.25, 0.3) is 0 Å². The minimum atomic E-state index is 0.0276. The molecule has 3 rings (SSSR count). The molecule has 5 nitrogen and oxygen atoms in total. The molecule has 0 radical (unpaired) electrons. The summed E-state index contributed by atoms with van der Waals surface area (Å²) in [7, 11) is 0. The van der Waals surface area contributed by atoms with Gasteiger partial charge in [0, 0.05) is 25.8 Å². The summed E-state index contributed by atoms with van der Waals surface area (Å²) in [5.74, 6) is 0. The molecule has 1 saturated heterocycles. The second-order valence-electron chi connectivity index (χ2n) is 3.89. The number of carbonyl (C=O) groups is 1. The summed E-state index contributed by atoms with van der Waals surface area (Å²) in [6.07, 6.45) is 3.94. The van der Waals surface area contributed by atoms with E-state index in [0.717, 1.165) is 16.4 Å². The minimum Gasteiger partial charge on any atom is -0.329 e. The van der Waals surface area contributed by atoms with Gasteiger partial charge in [0.05, 0.1) is 10.9 Å². The van der Waals surface area contributed by atoms with Crippen LogP contribution in [0.4, 0.5) is 4.79 Å². The maximum absolute atomic E-state index is 11.4. The average Bonchev–Trinajstić information content (AvgIpc) is 2.86. The highest BCUT2D eigenvalue weighted by Crippen LogP contribution is 2.29. The quantitative estimate of drug-likeness (QED) is 0.780. The molecule has 84 valence electrons. The molecule has 3 heterocycles. The highest BCUT2D eigenvalue weighted by Gasteiger charge is 2.34. The number of amides is 2. The van der Waals surface area contributed by atoms with Crippen LogP contribution < -0.4 is 11.1 Å². The molecule has 3 N–H and O–H groups in total. The Labute approximate surface area is 97.0 Å². The maximum Gasteiger partial charge on any atom is 0.318 e. The third-order valence-corrected chi connectivity index (χ3v) is 3.98. The van der Waals surface area contributed by atoms with Gasteiger partial charge >= 0.3 is 6.03 Å². The zero-order valence-electron chi connectivity index (χ0n) is 8.64. The Morgan fingerprint density at radius 3 is 3.31 bits per heavy atom. The van der Waals surface area contributed by atoms with Gasteiger partial charge in [-0.15, -0.1) is 11.3 Å². The number of fused-ring (bicyclic) bond motifs is 2. The minimum absolute atomic E-state index is 0.0276. The first-order valence-electron chi connectivity index (χ1n) is 5.18. The predicted octanol–water partition coefficient (Wildman–Crippen LogP) is 0.393. The van der Waals surface area contributed by atoms with E-state index in [1.165, 1.54) is 5.57 Å². The lowest BCUT2D eigenvalue weighted by Crippen LogP contribution is -2.29. The van der Waals surface area contributed by atoms with Crippen LogP contribution in [0.1, 0.15) is 9.88 Å². The summed E-state index contributed by atoms with van der Waals surface area (Å²) >= 11 is 1.60. The first-order chi connectivity index (χ1) is 7.78. The smallest absolute Gasteiger partial charge is 0.318 e. The van der Waals surface area contributed by atoms with E-state index in [0.29, 0.717) is 13.1 Å². The Morgan fingerprint density at radius 1 is 1.69 bits per heavy atom. The molecule has 16 heavy (non-hydrogen) atoms. The fourth-order valence-corrected chi connectivity index (χ4v) is 2.98. The molecule has 6 heteroatoms. The van der Waals surface area contributed by atoms with Crippen LogP contribution in [0.2, 0.25) is 0 Å². The lowest BCUT2D eigenvalue weighted by Gasteiger charge is -2.19. The molecule has 0 aromatic carbocycles. The van der Waals surface area contributed by atoms with E-state index in [1.54, 1.807) is 16.2 Å². The summed E-state index contributed by atoms with van der Waals surface area (Å²) < 4.78 is 0. The zero-order valence-corrected chi connectivity index (χ0v) is 9.46. The molecule has 1 unspecified atom stereocenters. The van der Waals surface area contributed by atoms with Gasteiger partial charge in [0.2, 0.25) is 0 Å². The van der Waals surface area contributed by atoms with Crippen molar-refractivity contribution in [1.29, 1.82) is 0 Å². The molecule has 0 aliphatic carbocycles.